The van der Waals surface area contributed by atoms with E-state index in [1.165, 1.54) is 13.8 Å². The van der Waals surface area contributed by atoms with Crippen LogP contribution in [0.25, 0.3) is 0 Å². The molecule has 6 heterocycles. The van der Waals surface area contributed by atoms with Crippen molar-refractivity contribution < 1.29 is 169 Å². The molecule has 0 aromatic carbocycles. The Morgan fingerprint density at radius 2 is 0.866 bits per heavy atom. The predicted octanol–water partition coefficient (Wildman–Crippen LogP) is -14.3. The van der Waals surface area contributed by atoms with Crippen LogP contribution in [0.4, 0.5) is 0 Å². The van der Waals surface area contributed by atoms with Crippen molar-refractivity contribution in [1.82, 2.24) is 10.6 Å². The first-order chi connectivity index (χ1) is 38.6. The number of carbonyl (C=O) groups is 2. The smallest absolute Gasteiger partial charge is 0.217 e. The fourth-order valence-corrected chi connectivity index (χ4v) is 10.2. The summed E-state index contributed by atoms with van der Waals surface area (Å²) in [4.78, 5) is 25.2. The summed E-state index contributed by atoms with van der Waals surface area (Å²) in [6, 6.07) is -3.55. The molecular formula is C46H80N2O34. The average Bonchev–Trinajstić information content (AvgIpc) is 3.50. The summed E-state index contributed by atoms with van der Waals surface area (Å²) in [5.41, 5.74) is 0. The third kappa shape index (κ3) is 15.3. The Balaban J connectivity index is 1.27. The molecule has 0 spiro atoms. The number of rotatable bonds is 23. The van der Waals surface area contributed by atoms with Crippen molar-refractivity contribution in [2.75, 3.05) is 39.6 Å². The van der Waals surface area contributed by atoms with E-state index in [0.717, 1.165) is 13.8 Å². The number of aliphatic hydroxyl groups is 20. The van der Waals surface area contributed by atoms with Crippen molar-refractivity contribution >= 4 is 11.8 Å². The molecule has 0 unspecified atom stereocenters. The van der Waals surface area contributed by atoms with Gasteiger partial charge in [0.1, 0.15) is 153 Å². The highest BCUT2D eigenvalue weighted by molar-refractivity contribution is 5.73. The van der Waals surface area contributed by atoms with Crippen molar-refractivity contribution in [1.29, 1.82) is 0 Å². The first-order valence-electron chi connectivity index (χ1n) is 26.3. The molecule has 22 N–H and O–H groups in total. The zero-order valence-corrected chi connectivity index (χ0v) is 44.5. The van der Waals surface area contributed by atoms with E-state index in [4.69, 9.17) is 56.8 Å². The Kier molecular flexibility index (Phi) is 25.2. The number of carbonyl (C=O) groups excluding carboxylic acids is 2. The van der Waals surface area contributed by atoms with Gasteiger partial charge in [0.15, 0.2) is 37.7 Å². The van der Waals surface area contributed by atoms with Crippen LogP contribution in [0.15, 0.2) is 0 Å². The number of aliphatic hydroxyl groups excluding tert-OH is 20. The van der Waals surface area contributed by atoms with Crippen LogP contribution in [0, 0.1) is 0 Å². The van der Waals surface area contributed by atoms with Gasteiger partial charge in [-0.1, -0.05) is 0 Å². The second-order valence-electron chi connectivity index (χ2n) is 20.8. The Morgan fingerprint density at radius 3 is 1.37 bits per heavy atom. The summed E-state index contributed by atoms with van der Waals surface area (Å²) in [7, 11) is 0. The monoisotopic (exact) mass is 1200 g/mol. The zero-order chi connectivity index (χ0) is 60.9. The Bertz CT molecular complexity index is 1980. The molecular weight excluding hydrogens is 1120 g/mol. The van der Waals surface area contributed by atoms with Crippen LogP contribution in [0.2, 0.25) is 0 Å². The largest absolute Gasteiger partial charge is 0.394 e. The van der Waals surface area contributed by atoms with Crippen molar-refractivity contribution in [3.8, 4) is 0 Å². The first kappa shape index (κ1) is 68.8. The molecule has 6 aliphatic heterocycles. The average molecular weight is 1210 g/mol. The van der Waals surface area contributed by atoms with Crippen molar-refractivity contribution in [3.63, 3.8) is 0 Å². The van der Waals surface area contributed by atoms with Gasteiger partial charge in [-0.25, -0.2) is 0 Å². The maximum atomic E-state index is 12.6. The molecule has 478 valence electrons. The molecule has 6 saturated heterocycles. The summed E-state index contributed by atoms with van der Waals surface area (Å²) in [6.07, 6.45) is -61.6. The lowest BCUT2D eigenvalue weighted by Crippen LogP contribution is -2.68. The minimum absolute atomic E-state index is 0.861. The van der Waals surface area contributed by atoms with Crippen LogP contribution < -0.4 is 10.6 Å². The van der Waals surface area contributed by atoms with Gasteiger partial charge in [0, 0.05) is 13.8 Å². The minimum Gasteiger partial charge on any atom is -0.394 e. The third-order valence-electron chi connectivity index (χ3n) is 14.9. The number of ether oxygens (including phenoxy) is 12. The Labute approximate surface area is 466 Å². The summed E-state index contributed by atoms with van der Waals surface area (Å²) in [5, 5.41) is 221. The van der Waals surface area contributed by atoms with E-state index in [0.29, 0.717) is 0 Å². The molecule has 0 aromatic heterocycles. The van der Waals surface area contributed by atoms with Gasteiger partial charge in [0.05, 0.1) is 57.9 Å². The SMILES string of the molecule is CC(=O)N[C@H]1[C@H](OC[C@@H](O)[C@H](O)[C@H](O[C@@H]2O[C@H](CO)[C@H](O)[C@H](O[C@H]3O[C@H](CO)[C@H](O)[C@H](O)[C@H]3O)[C@H]2O[C@@H]2O[C@@H](C)[C@@H](O)[C@@H](O)[C@@H]2O)[C@H](CO)NC(C)=O)O[C@H](CO)[C@@H](O[C@@H]2O[C@H](CO)[C@H](O)[C@H](O)[C@H]2O[C@@H]2O[C@@H](C)[C@@H](O)[C@@H](O)[C@@H]2O)[C@@H]1O. The van der Waals surface area contributed by atoms with E-state index in [1.54, 1.807) is 0 Å². The molecule has 34 atom stereocenters. The van der Waals surface area contributed by atoms with Gasteiger partial charge in [0.25, 0.3) is 0 Å². The standard InChI is InChI=1S/C46H80N2O34/c1-11-22(57)29(64)33(68)42(72-11)81-39-32(67)26(61)18(7-51)75-45(39)79-37-20(9-53)77-41(21(28(37)63)48-14(4)55)71-10-16(56)24(59)36(15(5-49)47-13(3)54)78-46-40(82-43-34(69)30(65)23(58)12(2)73-43)38(27(62)19(8-52)76-46)80-44-35(70)31(66)25(60)17(6-50)74-44/h11-12,15-46,49-53,56-70H,5-10H2,1-4H3,(H,47,54)(H,48,55)/t11-,12-,15-,16+,17+,18+,19+,20+,21+,22+,23+,24-,25-,26-,27-,28+,29+,30+,31-,32-,33-,34-,35+,36+,37+,38-,39+,40+,41+,42-,43-,44+,45-,46-/m0/s1. The predicted molar refractivity (Wildman–Crippen MR) is 254 cm³/mol. The van der Waals surface area contributed by atoms with Crippen molar-refractivity contribution in [2.45, 2.75) is 236 Å². The van der Waals surface area contributed by atoms with Crippen LogP contribution in [0.5, 0.6) is 0 Å². The fourth-order valence-electron chi connectivity index (χ4n) is 10.2. The van der Waals surface area contributed by atoms with Crippen LogP contribution in [0.3, 0.4) is 0 Å². The fraction of sp³-hybridized carbons (Fsp3) is 0.957. The lowest BCUT2D eigenvalue weighted by Gasteiger charge is -2.50. The van der Waals surface area contributed by atoms with Crippen LogP contribution in [0.1, 0.15) is 27.7 Å². The maximum absolute atomic E-state index is 12.6. The van der Waals surface area contributed by atoms with Crippen molar-refractivity contribution in [2.24, 2.45) is 0 Å². The topological polar surface area (TPSA) is 574 Å². The van der Waals surface area contributed by atoms with Gasteiger partial charge < -0.3 is 170 Å². The van der Waals surface area contributed by atoms with Gasteiger partial charge in [0.2, 0.25) is 11.8 Å². The normalized spacial score (nSPS) is 47.2. The summed E-state index contributed by atoms with van der Waals surface area (Å²) in [6.45, 7) is -1.75. The lowest BCUT2D eigenvalue weighted by molar-refractivity contribution is -0.396. The molecule has 36 heteroatoms. The van der Waals surface area contributed by atoms with E-state index in [1.807, 2.05) is 0 Å². The van der Waals surface area contributed by atoms with E-state index >= 15 is 0 Å². The van der Waals surface area contributed by atoms with E-state index in [9.17, 15) is 112 Å². The Morgan fingerprint density at radius 1 is 0.439 bits per heavy atom. The molecule has 0 aromatic rings. The van der Waals surface area contributed by atoms with E-state index < -0.39 is 260 Å². The molecule has 82 heavy (non-hydrogen) atoms. The summed E-state index contributed by atoms with van der Waals surface area (Å²) in [5.74, 6) is -1.74. The number of nitrogens with one attached hydrogen (secondary N) is 2. The van der Waals surface area contributed by atoms with Gasteiger partial charge >= 0.3 is 0 Å². The van der Waals surface area contributed by atoms with E-state index in [-0.39, 0.29) is 0 Å². The van der Waals surface area contributed by atoms with Crippen LogP contribution >= 0.6 is 0 Å². The molecule has 36 nitrogen and oxygen atoms in total. The molecule has 0 saturated carbocycles. The number of amides is 2. The highest BCUT2D eigenvalue weighted by Crippen LogP contribution is 2.37. The molecule has 2 amide bonds. The van der Waals surface area contributed by atoms with Gasteiger partial charge in [-0.05, 0) is 13.8 Å². The van der Waals surface area contributed by atoms with Gasteiger partial charge in [-0.15, -0.1) is 0 Å². The lowest BCUT2D eigenvalue weighted by atomic mass is 9.95. The second kappa shape index (κ2) is 30.0. The highest BCUT2D eigenvalue weighted by atomic mass is 16.8. The maximum Gasteiger partial charge on any atom is 0.217 e. The van der Waals surface area contributed by atoms with Gasteiger partial charge in [-0.3, -0.25) is 9.59 Å². The Hall–Kier alpha value is -2.34. The van der Waals surface area contributed by atoms with Crippen LogP contribution in [-0.2, 0) is 66.4 Å². The number of hydrogen-bond acceptors (Lipinski definition) is 34. The van der Waals surface area contributed by atoms with E-state index in [2.05, 4.69) is 10.6 Å². The molecule has 0 radical (unpaired) electrons. The summed E-state index contributed by atoms with van der Waals surface area (Å²) >= 11 is 0. The van der Waals surface area contributed by atoms with Crippen molar-refractivity contribution in [3.05, 3.63) is 0 Å². The zero-order valence-electron chi connectivity index (χ0n) is 44.5. The third-order valence-corrected chi connectivity index (χ3v) is 14.9. The molecule has 6 fully saturated rings. The first-order valence-corrected chi connectivity index (χ1v) is 26.3. The molecule has 0 bridgehead atoms. The summed E-state index contributed by atoms with van der Waals surface area (Å²) < 4.78 is 69.5. The molecule has 6 aliphatic rings. The molecule has 6 rings (SSSR count). The number of hydrogen-bond donors (Lipinski definition) is 22. The molecule has 0 aliphatic carbocycles. The van der Waals surface area contributed by atoms with Gasteiger partial charge in [-0.2, -0.15) is 0 Å². The second-order valence-corrected chi connectivity index (χ2v) is 20.8. The minimum atomic E-state index is -2.41. The highest BCUT2D eigenvalue weighted by Gasteiger charge is 2.58. The van der Waals surface area contributed by atoms with Crippen LogP contribution in [-0.4, -0.2) is 362 Å². The quantitative estimate of drug-likeness (QED) is 0.0452.